The van der Waals surface area contributed by atoms with Gasteiger partial charge in [0.1, 0.15) is 9.57 Å². The third-order valence-electron chi connectivity index (χ3n) is 1.90. The summed E-state index contributed by atoms with van der Waals surface area (Å²) in [7, 11) is 0. The molecule has 0 fully saturated rings. The molecule has 0 spiro atoms. The van der Waals surface area contributed by atoms with Gasteiger partial charge < -0.3 is 15.1 Å². The van der Waals surface area contributed by atoms with Gasteiger partial charge in [-0.25, -0.2) is 0 Å². The van der Waals surface area contributed by atoms with Crippen LogP contribution in [0.15, 0.2) is 0 Å². The van der Waals surface area contributed by atoms with Crippen molar-refractivity contribution < 1.29 is 19.8 Å². The number of rotatable bonds is 6. The summed E-state index contributed by atoms with van der Waals surface area (Å²) >= 11 is 5.97. The van der Waals surface area contributed by atoms with Crippen LogP contribution in [0.25, 0.3) is 0 Å². The topological polar surface area (TPSA) is 77.8 Å². The largest absolute Gasteiger partial charge is 0.481 e. The zero-order valence-corrected chi connectivity index (χ0v) is 10.8. The molecule has 0 amide bonds. The van der Waals surface area contributed by atoms with Crippen molar-refractivity contribution in [3.8, 4) is 0 Å². The van der Waals surface area contributed by atoms with Gasteiger partial charge in [-0.05, 0) is 13.8 Å². The van der Waals surface area contributed by atoms with Gasteiger partial charge in [0.2, 0.25) is 0 Å². The molecule has 5 nitrogen and oxygen atoms in total. The average Bonchev–Trinajstić information content (AvgIpc) is 2.17. The Bertz CT molecular complexity index is 279. The molecule has 16 heavy (non-hydrogen) atoms. The first-order valence-corrected chi connectivity index (χ1v) is 6.11. The second-order valence-corrected chi connectivity index (χ2v) is 4.82. The molecule has 2 N–H and O–H groups in total. The van der Waals surface area contributed by atoms with Gasteiger partial charge in [-0.2, -0.15) is 0 Å². The van der Waals surface area contributed by atoms with Crippen LogP contribution in [-0.2, 0) is 9.59 Å². The molecule has 7 heteroatoms. The fourth-order valence-electron chi connectivity index (χ4n) is 1.02. The van der Waals surface area contributed by atoms with E-state index in [2.05, 4.69) is 0 Å². The van der Waals surface area contributed by atoms with E-state index in [-0.39, 0.29) is 0 Å². The van der Waals surface area contributed by atoms with Crippen LogP contribution in [0.1, 0.15) is 20.3 Å². The zero-order chi connectivity index (χ0) is 12.7. The number of carboxylic acids is 2. The predicted molar refractivity (Wildman–Crippen MR) is 66.8 cm³/mol. The van der Waals surface area contributed by atoms with Crippen molar-refractivity contribution in [1.82, 2.24) is 4.90 Å². The first-order valence-electron chi connectivity index (χ1n) is 4.82. The highest BCUT2D eigenvalue weighted by molar-refractivity contribution is 8.23. The van der Waals surface area contributed by atoms with E-state index in [9.17, 15) is 9.59 Å². The highest BCUT2D eigenvalue weighted by atomic mass is 32.2. The lowest BCUT2D eigenvalue weighted by atomic mass is 10.3. The van der Waals surface area contributed by atoms with Crippen LogP contribution in [0.2, 0.25) is 0 Å². The molecular weight excluding hydrogens is 250 g/mol. The molecule has 0 aromatic rings. The molecule has 0 aliphatic carbocycles. The molecule has 0 unspecified atom stereocenters. The Morgan fingerprint density at radius 2 is 1.81 bits per heavy atom. The van der Waals surface area contributed by atoms with E-state index in [1.165, 1.54) is 0 Å². The van der Waals surface area contributed by atoms with Gasteiger partial charge in [-0.1, -0.05) is 24.0 Å². The lowest BCUT2D eigenvalue weighted by molar-refractivity contribution is -0.142. The zero-order valence-electron chi connectivity index (χ0n) is 9.17. The van der Waals surface area contributed by atoms with Crippen LogP contribution in [0.3, 0.4) is 0 Å². The molecule has 0 aliphatic rings. The fourth-order valence-corrected chi connectivity index (χ4v) is 2.60. The van der Waals surface area contributed by atoms with E-state index in [0.29, 0.717) is 17.4 Å². The fraction of sp³-hybridized carbons (Fsp3) is 0.667. The summed E-state index contributed by atoms with van der Waals surface area (Å²) in [6.07, 6.45) is -0.429. The van der Waals surface area contributed by atoms with Crippen LogP contribution in [0, 0.1) is 0 Å². The van der Waals surface area contributed by atoms with E-state index in [4.69, 9.17) is 22.4 Å². The summed E-state index contributed by atoms with van der Waals surface area (Å²) in [5, 5.41) is 16.4. The Morgan fingerprint density at radius 1 is 1.31 bits per heavy atom. The van der Waals surface area contributed by atoms with Gasteiger partial charge >= 0.3 is 11.9 Å². The number of carbonyl (C=O) groups is 2. The SMILES string of the molecule is CCN(CC)C(=S)S[C@H](CC(=O)O)C(=O)O. The van der Waals surface area contributed by atoms with E-state index >= 15 is 0 Å². The summed E-state index contributed by atoms with van der Waals surface area (Å²) in [5.74, 6) is -2.29. The molecule has 92 valence electrons. The van der Waals surface area contributed by atoms with E-state index in [0.717, 1.165) is 11.8 Å². The molecule has 0 saturated carbocycles. The van der Waals surface area contributed by atoms with Gasteiger partial charge in [0.15, 0.2) is 0 Å². The van der Waals surface area contributed by atoms with E-state index in [1.54, 1.807) is 0 Å². The quantitative estimate of drug-likeness (QED) is 0.700. The normalized spacial score (nSPS) is 11.9. The number of hydrogen-bond acceptors (Lipinski definition) is 4. The first kappa shape index (κ1) is 15.2. The number of hydrogen-bond donors (Lipinski definition) is 2. The maximum atomic E-state index is 10.8. The summed E-state index contributed by atoms with van der Waals surface area (Å²) < 4.78 is 0.429. The Hall–Kier alpha value is -0.820. The third-order valence-corrected chi connectivity index (χ3v) is 3.56. The minimum absolute atomic E-state index is 0.429. The van der Waals surface area contributed by atoms with Crippen LogP contribution in [-0.4, -0.2) is 49.7 Å². The minimum Gasteiger partial charge on any atom is -0.481 e. The van der Waals surface area contributed by atoms with Gasteiger partial charge in [0.05, 0.1) is 6.42 Å². The standard InChI is InChI=1S/C9H15NO4S2/c1-3-10(4-2)9(15)16-6(8(13)14)5-7(11)12/h6H,3-5H2,1-2H3,(H,11,12)(H,13,14)/t6-/m1/s1. The highest BCUT2D eigenvalue weighted by Gasteiger charge is 2.24. The van der Waals surface area contributed by atoms with Crippen molar-refractivity contribution in [1.29, 1.82) is 0 Å². The summed E-state index contributed by atoms with van der Waals surface area (Å²) in [4.78, 5) is 23.1. The molecule has 0 heterocycles. The molecule has 0 aromatic carbocycles. The second kappa shape index (κ2) is 7.45. The predicted octanol–water partition coefficient (Wildman–Crippen LogP) is 1.27. The second-order valence-electron chi connectivity index (χ2n) is 2.98. The molecule has 0 aromatic heterocycles. The van der Waals surface area contributed by atoms with Crippen molar-refractivity contribution in [3.05, 3.63) is 0 Å². The molecule has 0 aliphatic heterocycles. The van der Waals surface area contributed by atoms with E-state index in [1.807, 2.05) is 18.7 Å². The van der Waals surface area contributed by atoms with Crippen LogP contribution >= 0.6 is 24.0 Å². The maximum Gasteiger partial charge on any atom is 0.317 e. The highest BCUT2D eigenvalue weighted by Crippen LogP contribution is 2.19. The molecule has 1 atom stereocenters. The van der Waals surface area contributed by atoms with Crippen LogP contribution in [0.4, 0.5) is 0 Å². The summed E-state index contributed by atoms with van der Waals surface area (Å²) in [5.41, 5.74) is 0. The Kier molecular flexibility index (Phi) is 7.07. The molecular formula is C9H15NO4S2. The maximum absolute atomic E-state index is 10.8. The first-order chi connectivity index (χ1) is 7.42. The minimum atomic E-state index is -1.15. The van der Waals surface area contributed by atoms with Gasteiger partial charge in [0, 0.05) is 13.1 Å². The molecule has 0 saturated heterocycles. The van der Waals surface area contributed by atoms with Crippen LogP contribution in [0.5, 0.6) is 0 Å². The summed E-state index contributed by atoms with van der Waals surface area (Å²) in [6.45, 7) is 5.18. The lowest BCUT2D eigenvalue weighted by Gasteiger charge is -2.22. The van der Waals surface area contributed by atoms with Crippen molar-refractivity contribution in [2.45, 2.75) is 25.5 Å². The average molecular weight is 265 g/mol. The Labute approximate surface area is 104 Å². The van der Waals surface area contributed by atoms with Crippen molar-refractivity contribution in [2.24, 2.45) is 0 Å². The molecule has 0 bridgehead atoms. The third kappa shape index (κ3) is 5.32. The summed E-state index contributed by atoms with van der Waals surface area (Å²) in [6, 6.07) is 0. The number of thioether (sulfide) groups is 1. The Morgan fingerprint density at radius 3 is 2.12 bits per heavy atom. The monoisotopic (exact) mass is 265 g/mol. The van der Waals surface area contributed by atoms with Gasteiger partial charge in [-0.3, -0.25) is 9.59 Å². The lowest BCUT2D eigenvalue weighted by Crippen LogP contribution is -2.31. The van der Waals surface area contributed by atoms with Gasteiger partial charge in [0.25, 0.3) is 0 Å². The molecule has 0 radical (unpaired) electrons. The Balaban J connectivity index is 4.44. The van der Waals surface area contributed by atoms with Crippen LogP contribution < -0.4 is 0 Å². The van der Waals surface area contributed by atoms with Gasteiger partial charge in [-0.15, -0.1) is 0 Å². The van der Waals surface area contributed by atoms with Crippen molar-refractivity contribution in [2.75, 3.05) is 13.1 Å². The number of thiocarbonyl (C=S) groups is 1. The molecule has 0 rings (SSSR count). The smallest absolute Gasteiger partial charge is 0.317 e. The number of carboxylic acid groups (broad SMARTS) is 2. The van der Waals surface area contributed by atoms with Crippen molar-refractivity contribution >= 4 is 40.2 Å². The van der Waals surface area contributed by atoms with Crippen molar-refractivity contribution in [3.63, 3.8) is 0 Å². The number of aliphatic carboxylic acids is 2. The van der Waals surface area contributed by atoms with E-state index < -0.39 is 23.6 Å². The number of nitrogens with zero attached hydrogens (tertiary/aromatic N) is 1.